The van der Waals surface area contributed by atoms with Gasteiger partial charge in [-0.15, -0.1) is 24.0 Å². The summed E-state index contributed by atoms with van der Waals surface area (Å²) >= 11 is 0. The molecule has 2 rings (SSSR count). The van der Waals surface area contributed by atoms with Crippen LogP contribution in [0.25, 0.3) is 0 Å². The zero-order valence-corrected chi connectivity index (χ0v) is 17.7. The van der Waals surface area contributed by atoms with Crippen LogP contribution in [0.2, 0.25) is 0 Å². The zero-order chi connectivity index (χ0) is 17.4. The standard InChI is InChI=1S/C18H27N5O.HI/c1-14-17(15(2)23(4)22-14)12-21-18(19-3)20-10-11-24-13-16-8-6-5-7-9-16;/h5-9H,10-13H2,1-4H3,(H2,19,20,21);1H. The minimum Gasteiger partial charge on any atom is -0.375 e. The average molecular weight is 457 g/mol. The van der Waals surface area contributed by atoms with E-state index in [1.54, 1.807) is 7.05 Å². The van der Waals surface area contributed by atoms with Crippen molar-refractivity contribution in [1.29, 1.82) is 0 Å². The summed E-state index contributed by atoms with van der Waals surface area (Å²) in [5.41, 5.74) is 4.61. The maximum atomic E-state index is 5.66. The summed E-state index contributed by atoms with van der Waals surface area (Å²) in [6, 6.07) is 10.2. The number of aromatic nitrogens is 2. The quantitative estimate of drug-likeness (QED) is 0.291. The van der Waals surface area contributed by atoms with Crippen molar-refractivity contribution in [3.05, 3.63) is 52.8 Å². The SMILES string of the molecule is CN=C(NCCOCc1ccccc1)NCc1c(C)nn(C)c1C.I. The normalized spacial score (nSPS) is 11.1. The van der Waals surface area contributed by atoms with Gasteiger partial charge in [-0.2, -0.15) is 5.10 Å². The minimum absolute atomic E-state index is 0. The first-order valence-electron chi connectivity index (χ1n) is 8.17. The highest BCUT2D eigenvalue weighted by Gasteiger charge is 2.09. The predicted octanol–water partition coefficient (Wildman–Crippen LogP) is 2.54. The molecule has 0 bridgehead atoms. The van der Waals surface area contributed by atoms with Gasteiger partial charge in [0, 0.05) is 38.4 Å². The molecule has 0 spiro atoms. The third-order valence-electron chi connectivity index (χ3n) is 3.97. The topological polar surface area (TPSA) is 63.5 Å². The molecular formula is C18H28IN5O. The summed E-state index contributed by atoms with van der Waals surface area (Å²) in [6.45, 7) is 6.76. The number of nitrogens with zero attached hydrogens (tertiary/aromatic N) is 3. The van der Waals surface area contributed by atoms with Crippen molar-refractivity contribution in [3.63, 3.8) is 0 Å². The Morgan fingerprint density at radius 3 is 2.52 bits per heavy atom. The fourth-order valence-corrected chi connectivity index (χ4v) is 2.47. The molecule has 6 nitrogen and oxygen atoms in total. The molecule has 0 radical (unpaired) electrons. The molecule has 0 aliphatic rings. The van der Waals surface area contributed by atoms with E-state index in [2.05, 4.69) is 39.8 Å². The first-order chi connectivity index (χ1) is 11.6. The van der Waals surface area contributed by atoms with E-state index >= 15 is 0 Å². The largest absolute Gasteiger partial charge is 0.375 e. The lowest BCUT2D eigenvalue weighted by Crippen LogP contribution is -2.38. The fourth-order valence-electron chi connectivity index (χ4n) is 2.47. The van der Waals surface area contributed by atoms with Gasteiger partial charge in [-0.05, 0) is 19.4 Å². The number of hydrogen-bond acceptors (Lipinski definition) is 3. The van der Waals surface area contributed by atoms with Gasteiger partial charge >= 0.3 is 0 Å². The number of aryl methyl sites for hydroxylation is 2. The van der Waals surface area contributed by atoms with Crippen LogP contribution in [0.15, 0.2) is 35.3 Å². The maximum absolute atomic E-state index is 5.66. The van der Waals surface area contributed by atoms with Crippen molar-refractivity contribution in [2.75, 3.05) is 20.2 Å². The lowest BCUT2D eigenvalue weighted by Gasteiger charge is -2.12. The number of halogens is 1. The van der Waals surface area contributed by atoms with Crippen LogP contribution in [-0.4, -0.2) is 35.9 Å². The van der Waals surface area contributed by atoms with Gasteiger partial charge in [-0.25, -0.2) is 0 Å². The molecule has 1 aromatic carbocycles. The zero-order valence-electron chi connectivity index (χ0n) is 15.4. The van der Waals surface area contributed by atoms with Crippen LogP contribution >= 0.6 is 24.0 Å². The molecule has 0 amide bonds. The van der Waals surface area contributed by atoms with Crippen molar-refractivity contribution in [2.24, 2.45) is 12.0 Å². The second-order valence-corrected chi connectivity index (χ2v) is 5.66. The van der Waals surface area contributed by atoms with Gasteiger partial charge < -0.3 is 15.4 Å². The van der Waals surface area contributed by atoms with E-state index in [-0.39, 0.29) is 24.0 Å². The molecule has 0 atom stereocenters. The number of nitrogens with one attached hydrogen (secondary N) is 2. The van der Waals surface area contributed by atoms with E-state index in [4.69, 9.17) is 4.74 Å². The number of hydrogen-bond donors (Lipinski definition) is 2. The fraction of sp³-hybridized carbons (Fsp3) is 0.444. The van der Waals surface area contributed by atoms with E-state index < -0.39 is 0 Å². The van der Waals surface area contributed by atoms with Crippen molar-refractivity contribution in [3.8, 4) is 0 Å². The molecular weight excluding hydrogens is 429 g/mol. The third-order valence-corrected chi connectivity index (χ3v) is 3.97. The molecule has 0 aliphatic heterocycles. The molecule has 2 aromatic rings. The highest BCUT2D eigenvalue weighted by atomic mass is 127. The highest BCUT2D eigenvalue weighted by Crippen LogP contribution is 2.10. The van der Waals surface area contributed by atoms with Crippen LogP contribution in [0.3, 0.4) is 0 Å². The Morgan fingerprint density at radius 1 is 1.20 bits per heavy atom. The molecule has 0 saturated carbocycles. The van der Waals surface area contributed by atoms with Gasteiger partial charge in [0.25, 0.3) is 0 Å². The van der Waals surface area contributed by atoms with Gasteiger partial charge in [0.2, 0.25) is 0 Å². The summed E-state index contributed by atoms with van der Waals surface area (Å²) in [4.78, 5) is 4.24. The minimum atomic E-state index is 0. The van der Waals surface area contributed by atoms with Crippen LogP contribution in [0, 0.1) is 13.8 Å². The van der Waals surface area contributed by atoms with Crippen molar-refractivity contribution in [1.82, 2.24) is 20.4 Å². The Labute approximate surface area is 167 Å². The van der Waals surface area contributed by atoms with Gasteiger partial charge in [-0.3, -0.25) is 9.67 Å². The van der Waals surface area contributed by atoms with Gasteiger partial charge in [-0.1, -0.05) is 30.3 Å². The second-order valence-electron chi connectivity index (χ2n) is 5.66. The monoisotopic (exact) mass is 457 g/mol. The first-order valence-corrected chi connectivity index (χ1v) is 8.17. The summed E-state index contributed by atoms with van der Waals surface area (Å²) in [7, 11) is 3.73. The van der Waals surface area contributed by atoms with Gasteiger partial charge in [0.1, 0.15) is 0 Å². The third kappa shape index (κ3) is 6.66. The molecule has 2 N–H and O–H groups in total. The first kappa shape index (κ1) is 21.4. The van der Waals surface area contributed by atoms with Crippen LogP contribution in [0.4, 0.5) is 0 Å². The highest BCUT2D eigenvalue weighted by molar-refractivity contribution is 14.0. The molecule has 25 heavy (non-hydrogen) atoms. The summed E-state index contributed by atoms with van der Waals surface area (Å²) in [5.74, 6) is 0.765. The van der Waals surface area contributed by atoms with E-state index in [0.29, 0.717) is 26.3 Å². The van der Waals surface area contributed by atoms with E-state index in [1.165, 1.54) is 16.8 Å². The van der Waals surface area contributed by atoms with Crippen molar-refractivity contribution in [2.45, 2.75) is 27.0 Å². The van der Waals surface area contributed by atoms with Crippen LogP contribution in [0.1, 0.15) is 22.5 Å². The van der Waals surface area contributed by atoms with Crippen molar-refractivity contribution >= 4 is 29.9 Å². The lowest BCUT2D eigenvalue weighted by molar-refractivity contribution is 0.125. The Bertz CT molecular complexity index is 670. The smallest absolute Gasteiger partial charge is 0.191 e. The summed E-state index contributed by atoms with van der Waals surface area (Å²) in [6.07, 6.45) is 0. The predicted molar refractivity (Wildman–Crippen MR) is 112 cm³/mol. The molecule has 0 unspecified atom stereocenters. The summed E-state index contributed by atoms with van der Waals surface area (Å²) < 4.78 is 7.56. The molecule has 1 aromatic heterocycles. The average Bonchev–Trinajstić information content (AvgIpc) is 2.83. The molecule has 1 heterocycles. The molecule has 138 valence electrons. The lowest BCUT2D eigenvalue weighted by atomic mass is 10.2. The van der Waals surface area contributed by atoms with Gasteiger partial charge in [0.05, 0.1) is 18.9 Å². The Kier molecular flexibility index (Phi) is 9.51. The molecule has 0 fully saturated rings. The Balaban J connectivity index is 0.00000312. The number of benzene rings is 1. The van der Waals surface area contributed by atoms with Crippen LogP contribution < -0.4 is 10.6 Å². The number of aliphatic imine (C=N–C) groups is 1. The summed E-state index contributed by atoms with van der Waals surface area (Å²) in [5, 5.41) is 11.0. The maximum Gasteiger partial charge on any atom is 0.191 e. The molecule has 7 heteroatoms. The van der Waals surface area contributed by atoms with Gasteiger partial charge in [0.15, 0.2) is 5.96 Å². The second kappa shape index (κ2) is 11.1. The molecule has 0 aliphatic carbocycles. The number of guanidine groups is 1. The van der Waals surface area contributed by atoms with E-state index in [0.717, 1.165) is 11.7 Å². The van der Waals surface area contributed by atoms with E-state index in [9.17, 15) is 0 Å². The molecule has 0 saturated heterocycles. The van der Waals surface area contributed by atoms with Crippen molar-refractivity contribution < 1.29 is 4.74 Å². The van der Waals surface area contributed by atoms with E-state index in [1.807, 2.05) is 36.9 Å². The number of ether oxygens (including phenoxy) is 1. The number of rotatable bonds is 7. The Hall–Kier alpha value is -1.61. The van der Waals surface area contributed by atoms with Crippen LogP contribution in [-0.2, 0) is 24.9 Å². The Morgan fingerprint density at radius 2 is 1.92 bits per heavy atom. The van der Waals surface area contributed by atoms with Crippen LogP contribution in [0.5, 0.6) is 0 Å².